The van der Waals surface area contributed by atoms with Crippen LogP contribution in [0, 0.1) is 21.4 Å². The molecule has 112 valence electrons. The highest BCUT2D eigenvalue weighted by molar-refractivity contribution is 8.00. The number of nitriles is 1. The van der Waals surface area contributed by atoms with Crippen LogP contribution in [0.25, 0.3) is 0 Å². The van der Waals surface area contributed by atoms with Crippen LogP contribution in [0.3, 0.4) is 0 Å². The predicted molar refractivity (Wildman–Crippen MR) is 83.4 cm³/mol. The first-order chi connectivity index (χ1) is 10.1. The molecule has 0 saturated heterocycles. The van der Waals surface area contributed by atoms with Crippen LogP contribution < -0.4 is 5.32 Å². The molecule has 0 atom stereocenters. The van der Waals surface area contributed by atoms with Gasteiger partial charge < -0.3 is 5.32 Å². The second-order valence-electron chi connectivity index (χ2n) is 5.26. The Kier molecular flexibility index (Phi) is 5.02. The molecule has 0 amide bonds. The highest BCUT2D eigenvalue weighted by atomic mass is 32.2. The highest BCUT2D eigenvalue weighted by Gasteiger charge is 2.31. The molecule has 1 aromatic heterocycles. The van der Waals surface area contributed by atoms with Crippen LogP contribution in [-0.4, -0.2) is 27.5 Å². The molecular weight excluding hydrogens is 288 g/mol. The lowest BCUT2D eigenvalue weighted by atomic mass is 9.88. The highest BCUT2D eigenvalue weighted by Crippen LogP contribution is 2.39. The standard InChI is InChI=1S/C14H18N4O2S/c1-21-14(5-3-2-4-6-14)10-17-13-12(18(19)20)7-11(8-15)9-16-13/h7,9H,2-6,10H2,1H3,(H,16,17). The fourth-order valence-electron chi connectivity index (χ4n) is 2.68. The van der Waals surface area contributed by atoms with Crippen LogP contribution >= 0.6 is 11.8 Å². The predicted octanol–water partition coefficient (Wildman–Crippen LogP) is 3.34. The fraction of sp³-hybridized carbons (Fsp3) is 0.571. The number of nitrogens with one attached hydrogen (secondary N) is 1. The molecule has 21 heavy (non-hydrogen) atoms. The topological polar surface area (TPSA) is 91.8 Å². The van der Waals surface area contributed by atoms with E-state index < -0.39 is 4.92 Å². The molecule has 2 rings (SSSR count). The van der Waals surface area contributed by atoms with Gasteiger partial charge in [0.25, 0.3) is 0 Å². The Hall–Kier alpha value is -1.81. The summed E-state index contributed by atoms with van der Waals surface area (Å²) in [4.78, 5) is 14.6. The molecule has 0 spiro atoms. The summed E-state index contributed by atoms with van der Waals surface area (Å²) in [5.74, 6) is 0.248. The van der Waals surface area contributed by atoms with Crippen molar-refractivity contribution < 1.29 is 4.92 Å². The van der Waals surface area contributed by atoms with Crippen molar-refractivity contribution in [3.05, 3.63) is 27.9 Å². The Morgan fingerprint density at radius 3 is 2.81 bits per heavy atom. The minimum absolute atomic E-state index is 0.127. The van der Waals surface area contributed by atoms with Crippen LogP contribution in [-0.2, 0) is 0 Å². The summed E-state index contributed by atoms with van der Waals surface area (Å²) in [5.41, 5.74) is 0.0607. The summed E-state index contributed by atoms with van der Waals surface area (Å²) < 4.78 is 0.127. The normalized spacial score (nSPS) is 17.0. The Labute approximate surface area is 128 Å². The zero-order valence-corrected chi connectivity index (χ0v) is 12.8. The first-order valence-corrected chi connectivity index (χ1v) is 8.16. The van der Waals surface area contributed by atoms with Crippen LogP contribution in [0.2, 0.25) is 0 Å². The van der Waals surface area contributed by atoms with Crippen LogP contribution in [0.5, 0.6) is 0 Å². The lowest BCUT2D eigenvalue weighted by molar-refractivity contribution is -0.384. The Morgan fingerprint density at radius 1 is 1.52 bits per heavy atom. The molecule has 1 aliphatic carbocycles. The van der Waals surface area contributed by atoms with E-state index in [0.717, 1.165) is 12.8 Å². The van der Waals surface area contributed by atoms with Gasteiger partial charge in [0.1, 0.15) is 6.07 Å². The molecule has 0 aliphatic heterocycles. The third-order valence-electron chi connectivity index (χ3n) is 3.97. The van der Waals surface area contributed by atoms with E-state index in [1.54, 1.807) is 0 Å². The fourth-order valence-corrected chi connectivity index (χ4v) is 3.60. The molecule has 1 saturated carbocycles. The summed E-state index contributed by atoms with van der Waals surface area (Å²) in [6, 6.07) is 3.14. The molecule has 1 aromatic rings. The number of thioether (sulfide) groups is 1. The number of anilines is 1. The van der Waals surface area contributed by atoms with Crippen LogP contribution in [0.15, 0.2) is 12.3 Å². The lowest BCUT2D eigenvalue weighted by Gasteiger charge is -2.35. The summed E-state index contributed by atoms with van der Waals surface area (Å²) in [6.45, 7) is 0.661. The second-order valence-corrected chi connectivity index (χ2v) is 6.54. The van der Waals surface area contributed by atoms with Gasteiger partial charge in [-0.1, -0.05) is 19.3 Å². The van der Waals surface area contributed by atoms with Gasteiger partial charge in [0.05, 0.1) is 10.5 Å². The maximum absolute atomic E-state index is 11.1. The van der Waals surface area contributed by atoms with Gasteiger partial charge in [0, 0.05) is 23.6 Å². The maximum Gasteiger partial charge on any atom is 0.312 e. The van der Waals surface area contributed by atoms with E-state index in [-0.39, 0.29) is 21.8 Å². The third kappa shape index (κ3) is 3.64. The van der Waals surface area contributed by atoms with Crippen molar-refractivity contribution in [1.82, 2.24) is 4.98 Å². The number of aromatic nitrogens is 1. The first-order valence-electron chi connectivity index (χ1n) is 6.94. The zero-order valence-electron chi connectivity index (χ0n) is 12.0. The minimum Gasteiger partial charge on any atom is -0.363 e. The van der Waals surface area contributed by atoms with Gasteiger partial charge in [-0.05, 0) is 19.1 Å². The average Bonchev–Trinajstić information content (AvgIpc) is 2.53. The molecule has 1 aliphatic rings. The van der Waals surface area contributed by atoms with Gasteiger partial charge in [-0.25, -0.2) is 4.98 Å². The molecule has 0 bridgehead atoms. The van der Waals surface area contributed by atoms with Gasteiger partial charge >= 0.3 is 5.69 Å². The lowest BCUT2D eigenvalue weighted by Crippen LogP contribution is -2.35. The number of nitrogens with zero attached hydrogens (tertiary/aromatic N) is 3. The summed E-state index contributed by atoms with van der Waals surface area (Å²) in [5, 5.41) is 23.0. The van der Waals surface area contributed by atoms with Crippen molar-refractivity contribution in [3.8, 4) is 6.07 Å². The maximum atomic E-state index is 11.1. The summed E-state index contributed by atoms with van der Waals surface area (Å²) in [7, 11) is 0. The molecule has 1 fully saturated rings. The van der Waals surface area contributed by atoms with Crippen molar-refractivity contribution >= 4 is 23.3 Å². The van der Waals surface area contributed by atoms with Crippen molar-refractivity contribution in [1.29, 1.82) is 5.26 Å². The van der Waals surface area contributed by atoms with E-state index in [0.29, 0.717) is 6.54 Å². The average molecular weight is 306 g/mol. The quantitative estimate of drug-likeness (QED) is 0.662. The van der Waals surface area contributed by atoms with Gasteiger partial charge in [-0.15, -0.1) is 0 Å². The van der Waals surface area contributed by atoms with E-state index in [9.17, 15) is 10.1 Å². The van der Waals surface area contributed by atoms with Gasteiger partial charge in [0.15, 0.2) is 0 Å². The van der Waals surface area contributed by atoms with Crippen molar-refractivity contribution in [2.75, 3.05) is 18.1 Å². The van der Waals surface area contributed by atoms with Crippen molar-refractivity contribution in [2.24, 2.45) is 0 Å². The molecule has 0 unspecified atom stereocenters. The largest absolute Gasteiger partial charge is 0.363 e. The summed E-state index contributed by atoms with van der Waals surface area (Å²) >= 11 is 1.82. The molecule has 1 heterocycles. The summed E-state index contributed by atoms with van der Waals surface area (Å²) in [6.07, 6.45) is 9.35. The van der Waals surface area contributed by atoms with Crippen LogP contribution in [0.4, 0.5) is 11.5 Å². The molecular formula is C14H18N4O2S. The monoisotopic (exact) mass is 306 g/mol. The SMILES string of the molecule is CSC1(CNc2ncc(C#N)cc2[N+](=O)[O-])CCCCC1. The second kappa shape index (κ2) is 6.76. The molecule has 6 nitrogen and oxygen atoms in total. The van der Waals surface area contributed by atoms with Crippen LogP contribution in [0.1, 0.15) is 37.7 Å². The van der Waals surface area contributed by atoms with E-state index >= 15 is 0 Å². The first kappa shape index (κ1) is 15.6. The minimum atomic E-state index is -0.497. The molecule has 1 N–H and O–H groups in total. The molecule has 0 radical (unpaired) electrons. The number of hydrogen-bond donors (Lipinski definition) is 1. The Bertz CT molecular complexity index is 565. The van der Waals surface area contributed by atoms with E-state index in [4.69, 9.17) is 5.26 Å². The molecule has 7 heteroatoms. The smallest absolute Gasteiger partial charge is 0.312 e. The number of hydrogen-bond acceptors (Lipinski definition) is 6. The van der Waals surface area contributed by atoms with E-state index in [2.05, 4.69) is 16.6 Å². The van der Waals surface area contributed by atoms with E-state index in [1.807, 2.05) is 17.8 Å². The van der Waals surface area contributed by atoms with Gasteiger partial charge in [-0.2, -0.15) is 17.0 Å². The van der Waals surface area contributed by atoms with Gasteiger partial charge in [0.2, 0.25) is 5.82 Å². The molecule has 0 aromatic carbocycles. The third-order valence-corrected chi connectivity index (χ3v) is 5.39. The zero-order chi connectivity index (χ0) is 15.3. The number of rotatable bonds is 5. The van der Waals surface area contributed by atoms with E-state index in [1.165, 1.54) is 31.5 Å². The number of pyridine rings is 1. The van der Waals surface area contributed by atoms with Crippen molar-refractivity contribution in [3.63, 3.8) is 0 Å². The Balaban J connectivity index is 2.15. The number of nitro groups is 1. The van der Waals surface area contributed by atoms with Crippen molar-refractivity contribution in [2.45, 2.75) is 36.9 Å². The van der Waals surface area contributed by atoms with Gasteiger partial charge in [-0.3, -0.25) is 10.1 Å². The Morgan fingerprint density at radius 2 is 2.24 bits per heavy atom.